The van der Waals surface area contributed by atoms with Crippen molar-refractivity contribution in [2.75, 3.05) is 5.75 Å². The molecular weight excluding hydrogens is 291 g/mol. The van der Waals surface area contributed by atoms with E-state index in [1.165, 1.54) is 17.8 Å². The Hall–Kier alpha value is -1.56. The van der Waals surface area contributed by atoms with Crippen molar-refractivity contribution < 1.29 is 14.3 Å². The van der Waals surface area contributed by atoms with Gasteiger partial charge in [0.2, 0.25) is 0 Å². The molecule has 1 heterocycles. The van der Waals surface area contributed by atoms with Crippen LogP contribution < -0.4 is 0 Å². The van der Waals surface area contributed by atoms with E-state index in [0.717, 1.165) is 24.8 Å². The Kier molecular flexibility index (Phi) is 3.43. The van der Waals surface area contributed by atoms with Gasteiger partial charge < -0.3 is 9.67 Å². The maximum Gasteiger partial charge on any atom is 0.313 e. The predicted molar refractivity (Wildman–Crippen MR) is 80.3 cm³/mol. The topological polar surface area (TPSA) is 55.1 Å². The first-order valence-corrected chi connectivity index (χ1v) is 7.93. The van der Waals surface area contributed by atoms with Gasteiger partial charge in [-0.25, -0.2) is 9.37 Å². The summed E-state index contributed by atoms with van der Waals surface area (Å²) in [5.74, 6) is -1.19. The highest BCUT2D eigenvalue weighted by atomic mass is 32.2. The number of nitrogens with zero attached hydrogens (tertiary/aromatic N) is 2. The molecule has 1 N–H and O–H groups in total. The van der Waals surface area contributed by atoms with E-state index in [2.05, 4.69) is 16.5 Å². The lowest BCUT2D eigenvalue weighted by molar-refractivity contribution is -0.133. The van der Waals surface area contributed by atoms with Crippen LogP contribution in [0.1, 0.15) is 31.7 Å². The third kappa shape index (κ3) is 2.41. The highest BCUT2D eigenvalue weighted by molar-refractivity contribution is 7.99. The molecule has 1 aliphatic carbocycles. The average Bonchev–Trinajstić information content (AvgIpc) is 2.72. The van der Waals surface area contributed by atoms with E-state index in [-0.39, 0.29) is 17.1 Å². The van der Waals surface area contributed by atoms with Gasteiger partial charge in [0.05, 0.1) is 16.8 Å². The molecule has 1 aliphatic rings. The summed E-state index contributed by atoms with van der Waals surface area (Å²) >= 11 is 1.20. The number of halogens is 1. The molecule has 1 aromatic carbocycles. The number of aromatic nitrogens is 2. The molecule has 1 fully saturated rings. The van der Waals surface area contributed by atoms with Crippen molar-refractivity contribution >= 4 is 28.8 Å². The first-order chi connectivity index (χ1) is 9.90. The maximum absolute atomic E-state index is 13.7. The molecule has 1 saturated carbocycles. The van der Waals surface area contributed by atoms with Crippen LogP contribution in [0.2, 0.25) is 0 Å². The van der Waals surface area contributed by atoms with Crippen LogP contribution in [0.15, 0.2) is 17.3 Å². The maximum atomic E-state index is 13.7. The lowest BCUT2D eigenvalue weighted by atomic mass is 9.78. The van der Waals surface area contributed by atoms with Crippen LogP contribution in [0.4, 0.5) is 4.39 Å². The molecule has 0 aliphatic heterocycles. The molecule has 0 spiro atoms. The molecule has 0 unspecified atom stereocenters. The number of hydrogen-bond donors (Lipinski definition) is 1. The van der Waals surface area contributed by atoms with E-state index in [4.69, 9.17) is 5.11 Å². The van der Waals surface area contributed by atoms with Gasteiger partial charge >= 0.3 is 5.97 Å². The zero-order valence-corrected chi connectivity index (χ0v) is 12.8. The summed E-state index contributed by atoms with van der Waals surface area (Å²) < 4.78 is 15.8. The first kappa shape index (κ1) is 14.4. The number of carboxylic acids is 1. The van der Waals surface area contributed by atoms with Crippen LogP contribution in [-0.4, -0.2) is 26.4 Å². The van der Waals surface area contributed by atoms with Crippen LogP contribution in [0, 0.1) is 12.7 Å². The number of aliphatic carboxylic acids is 1. The highest BCUT2D eigenvalue weighted by Crippen LogP contribution is 2.43. The third-order valence-electron chi connectivity index (χ3n) is 4.20. The summed E-state index contributed by atoms with van der Waals surface area (Å²) in [6.07, 6.45) is 3.23. The molecule has 6 heteroatoms. The minimum absolute atomic E-state index is 0.0408. The Labute approximate surface area is 126 Å². The molecular formula is C15H17FN2O2S. The normalized spacial score (nSPS) is 16.9. The number of hydrogen-bond acceptors (Lipinski definition) is 3. The van der Waals surface area contributed by atoms with Gasteiger partial charge in [-0.2, -0.15) is 0 Å². The summed E-state index contributed by atoms with van der Waals surface area (Å²) in [5, 5.41) is 9.55. The fraction of sp³-hybridized carbons (Fsp3) is 0.467. The minimum atomic E-state index is -0.875. The molecule has 21 heavy (non-hydrogen) atoms. The Morgan fingerprint density at radius 1 is 1.52 bits per heavy atom. The molecule has 0 bridgehead atoms. The number of fused-ring (bicyclic) bond motifs is 1. The van der Waals surface area contributed by atoms with Crippen molar-refractivity contribution in [3.8, 4) is 0 Å². The average molecular weight is 308 g/mol. The number of thioether (sulfide) groups is 1. The van der Waals surface area contributed by atoms with Crippen LogP contribution in [-0.2, 0) is 10.3 Å². The van der Waals surface area contributed by atoms with Gasteiger partial charge in [-0.15, -0.1) is 0 Å². The molecule has 1 aromatic heterocycles. The van der Waals surface area contributed by atoms with Gasteiger partial charge in [-0.1, -0.05) is 11.8 Å². The Bertz CT molecular complexity index is 722. The third-order valence-corrected chi connectivity index (χ3v) is 5.12. The van der Waals surface area contributed by atoms with Crippen molar-refractivity contribution in [3.63, 3.8) is 0 Å². The van der Waals surface area contributed by atoms with Gasteiger partial charge in [0.25, 0.3) is 0 Å². The van der Waals surface area contributed by atoms with Gasteiger partial charge in [0.15, 0.2) is 5.16 Å². The molecule has 3 rings (SSSR count). The van der Waals surface area contributed by atoms with Crippen molar-refractivity contribution in [1.29, 1.82) is 0 Å². The van der Waals surface area contributed by atoms with Gasteiger partial charge in [0.1, 0.15) is 5.82 Å². The van der Waals surface area contributed by atoms with E-state index < -0.39 is 5.97 Å². The minimum Gasteiger partial charge on any atom is -0.481 e. The summed E-state index contributed by atoms with van der Waals surface area (Å²) in [6.45, 7) is 3.89. The van der Waals surface area contributed by atoms with E-state index in [9.17, 15) is 9.18 Å². The quantitative estimate of drug-likeness (QED) is 0.878. The summed E-state index contributed by atoms with van der Waals surface area (Å²) in [7, 11) is 0. The number of imidazole rings is 1. The number of carboxylic acid groups (broad SMARTS) is 1. The molecule has 112 valence electrons. The summed E-state index contributed by atoms with van der Waals surface area (Å²) in [5.41, 5.74) is 2.03. The van der Waals surface area contributed by atoms with E-state index >= 15 is 0 Å². The smallest absolute Gasteiger partial charge is 0.313 e. The Balaban J connectivity index is 2.15. The molecule has 2 aromatic rings. The lowest BCUT2D eigenvalue weighted by Crippen LogP contribution is -2.37. The largest absolute Gasteiger partial charge is 0.481 e. The van der Waals surface area contributed by atoms with Gasteiger partial charge in [-0.3, -0.25) is 4.79 Å². The van der Waals surface area contributed by atoms with Crippen molar-refractivity contribution in [1.82, 2.24) is 9.55 Å². The van der Waals surface area contributed by atoms with Crippen molar-refractivity contribution in [3.05, 3.63) is 23.5 Å². The molecule has 0 radical (unpaired) electrons. The van der Waals surface area contributed by atoms with E-state index in [1.54, 1.807) is 6.92 Å². The molecule has 0 amide bonds. The SMILES string of the molecule is Cc1cc2c(cc1F)nc(SCC(=O)O)n2C1(C)CCC1. The summed E-state index contributed by atoms with van der Waals surface area (Å²) in [4.78, 5) is 15.3. The summed E-state index contributed by atoms with van der Waals surface area (Å²) in [6, 6.07) is 3.25. The standard InChI is InChI=1S/C15H17FN2O2S/c1-9-6-12-11(7-10(9)16)17-14(21-8-13(19)20)18(12)15(2)4-3-5-15/h6-7H,3-5,8H2,1-2H3,(H,19,20). The number of rotatable bonds is 4. The molecule has 4 nitrogen and oxygen atoms in total. The molecule has 0 saturated heterocycles. The fourth-order valence-corrected chi connectivity index (χ4v) is 3.70. The second-order valence-electron chi connectivity index (χ2n) is 5.85. The van der Waals surface area contributed by atoms with Crippen LogP contribution in [0.25, 0.3) is 11.0 Å². The van der Waals surface area contributed by atoms with E-state index in [1.807, 2.05) is 6.07 Å². The second kappa shape index (κ2) is 5.02. The Morgan fingerprint density at radius 3 is 2.81 bits per heavy atom. The van der Waals surface area contributed by atoms with Gasteiger partial charge in [-0.05, 0) is 44.7 Å². The fourth-order valence-electron chi connectivity index (χ4n) is 2.84. The zero-order valence-electron chi connectivity index (χ0n) is 12.0. The van der Waals surface area contributed by atoms with Crippen LogP contribution in [0.5, 0.6) is 0 Å². The van der Waals surface area contributed by atoms with Gasteiger partial charge in [0, 0.05) is 11.6 Å². The number of aryl methyl sites for hydroxylation is 1. The molecule has 0 atom stereocenters. The van der Waals surface area contributed by atoms with Crippen LogP contribution >= 0.6 is 11.8 Å². The number of carbonyl (C=O) groups is 1. The first-order valence-electron chi connectivity index (χ1n) is 6.94. The van der Waals surface area contributed by atoms with E-state index in [0.29, 0.717) is 16.2 Å². The highest BCUT2D eigenvalue weighted by Gasteiger charge is 2.37. The lowest BCUT2D eigenvalue weighted by Gasteiger charge is -2.41. The predicted octanol–water partition coefficient (Wildman–Crippen LogP) is 3.56. The van der Waals surface area contributed by atoms with Crippen molar-refractivity contribution in [2.45, 2.75) is 43.8 Å². The number of benzene rings is 1. The Morgan fingerprint density at radius 2 is 2.24 bits per heavy atom. The zero-order chi connectivity index (χ0) is 15.2. The second-order valence-corrected chi connectivity index (χ2v) is 6.80. The van der Waals surface area contributed by atoms with Crippen molar-refractivity contribution in [2.24, 2.45) is 0 Å². The van der Waals surface area contributed by atoms with Crippen LogP contribution in [0.3, 0.4) is 0 Å². The monoisotopic (exact) mass is 308 g/mol.